The highest BCUT2D eigenvalue weighted by Gasteiger charge is 2.40. The van der Waals surface area contributed by atoms with E-state index in [-0.39, 0.29) is 16.9 Å². The van der Waals surface area contributed by atoms with Crippen molar-refractivity contribution in [3.05, 3.63) is 113 Å². The summed E-state index contributed by atoms with van der Waals surface area (Å²) in [5.41, 5.74) is 1.32. The van der Waals surface area contributed by atoms with Crippen LogP contribution in [0.1, 0.15) is 34.0 Å². The Balaban J connectivity index is 1.81. The molecule has 0 aromatic heterocycles. The Morgan fingerprint density at radius 3 is 1.85 bits per heavy atom. The summed E-state index contributed by atoms with van der Waals surface area (Å²) < 4.78 is 28.6. The summed E-state index contributed by atoms with van der Waals surface area (Å²) in [5.74, 6) is 0.625. The molecule has 1 aliphatic heterocycles. The van der Waals surface area contributed by atoms with E-state index in [9.17, 15) is 9.59 Å². The van der Waals surface area contributed by atoms with Gasteiger partial charge in [-0.05, 0) is 43.3 Å². The summed E-state index contributed by atoms with van der Waals surface area (Å²) in [7, 11) is 4.50. The van der Waals surface area contributed by atoms with Crippen LogP contribution in [0, 0.1) is 0 Å². The van der Waals surface area contributed by atoms with E-state index in [0.717, 1.165) is 11.1 Å². The van der Waals surface area contributed by atoms with Crippen LogP contribution < -0.4 is 18.9 Å². The molecule has 7 heteroatoms. The van der Waals surface area contributed by atoms with E-state index >= 15 is 0 Å². The highest BCUT2D eigenvalue weighted by Crippen LogP contribution is 2.50. The number of hydrogen-bond acceptors (Lipinski definition) is 7. The molecule has 4 aromatic rings. The lowest BCUT2D eigenvalue weighted by atomic mass is 9.82. The number of fused-ring (bicyclic) bond motifs is 3. The lowest BCUT2D eigenvalue weighted by molar-refractivity contribution is -0.130. The Kier molecular flexibility index (Phi) is 7.05. The van der Waals surface area contributed by atoms with E-state index in [4.69, 9.17) is 23.7 Å². The van der Waals surface area contributed by atoms with Crippen molar-refractivity contribution in [3.63, 3.8) is 0 Å². The Hall–Kier alpha value is -5.04. The molecule has 0 radical (unpaired) electrons. The average Bonchev–Trinajstić information content (AvgIpc) is 3.00. The molecule has 1 heterocycles. The van der Waals surface area contributed by atoms with Crippen molar-refractivity contribution in [3.8, 4) is 23.0 Å². The monoisotopic (exact) mass is 536 g/mol. The standard InChI is InChI=1S/C33H28O7/c1-20(2)31(34)39-30-26-9-7-6-8-25(26)29-27(28(30)32(35)38-5)18-19-33(40-29,21-10-14-23(36-3)15-11-21)22-12-16-24(37-4)17-13-22/h6-19H,1H2,2-5H3. The molecule has 202 valence electrons. The maximum atomic E-state index is 13.2. The van der Waals surface area contributed by atoms with E-state index in [1.54, 1.807) is 33.3 Å². The molecule has 0 bridgehead atoms. The normalized spacial score (nSPS) is 13.1. The molecule has 4 aromatic carbocycles. The highest BCUT2D eigenvalue weighted by molar-refractivity contribution is 6.10. The highest BCUT2D eigenvalue weighted by atomic mass is 16.5. The molecule has 0 aliphatic carbocycles. The molecule has 1 aliphatic rings. The molecular weight excluding hydrogens is 508 g/mol. The fraction of sp³-hybridized carbons (Fsp3) is 0.152. The predicted molar refractivity (Wildman–Crippen MR) is 152 cm³/mol. The van der Waals surface area contributed by atoms with E-state index in [1.165, 1.54) is 7.11 Å². The van der Waals surface area contributed by atoms with E-state index in [1.807, 2.05) is 72.8 Å². The quantitative estimate of drug-likeness (QED) is 0.152. The molecule has 7 nitrogen and oxygen atoms in total. The van der Waals surface area contributed by atoms with Gasteiger partial charge in [0.1, 0.15) is 22.8 Å². The van der Waals surface area contributed by atoms with Crippen molar-refractivity contribution in [2.75, 3.05) is 21.3 Å². The third kappa shape index (κ3) is 4.45. The lowest BCUT2D eigenvalue weighted by Crippen LogP contribution is -2.34. The van der Waals surface area contributed by atoms with Gasteiger partial charge in [-0.1, -0.05) is 55.1 Å². The minimum Gasteiger partial charge on any atom is -0.497 e. The second-order valence-corrected chi connectivity index (χ2v) is 9.28. The molecular formula is C33H28O7. The van der Waals surface area contributed by atoms with Gasteiger partial charge >= 0.3 is 11.9 Å². The van der Waals surface area contributed by atoms with Crippen molar-refractivity contribution in [2.24, 2.45) is 0 Å². The largest absolute Gasteiger partial charge is 0.497 e. The zero-order chi connectivity index (χ0) is 28.4. The Bertz CT molecular complexity index is 1600. The zero-order valence-electron chi connectivity index (χ0n) is 22.6. The maximum Gasteiger partial charge on any atom is 0.342 e. The number of hydrogen-bond donors (Lipinski definition) is 0. The van der Waals surface area contributed by atoms with Crippen molar-refractivity contribution in [1.82, 2.24) is 0 Å². The van der Waals surface area contributed by atoms with Gasteiger partial charge < -0.3 is 23.7 Å². The summed E-state index contributed by atoms with van der Waals surface area (Å²) in [4.78, 5) is 25.8. The minimum absolute atomic E-state index is 0.0834. The lowest BCUT2D eigenvalue weighted by Gasteiger charge is -2.37. The summed E-state index contributed by atoms with van der Waals surface area (Å²) in [5, 5.41) is 1.18. The van der Waals surface area contributed by atoms with Gasteiger partial charge in [0.15, 0.2) is 11.4 Å². The average molecular weight is 537 g/mol. The minimum atomic E-state index is -1.07. The number of carbonyl (C=O) groups excluding carboxylic acids is 2. The molecule has 0 amide bonds. The summed E-state index contributed by atoms with van der Waals surface area (Å²) in [6.07, 6.45) is 3.69. The van der Waals surface area contributed by atoms with Gasteiger partial charge in [-0.3, -0.25) is 0 Å². The Labute approximate surface area is 232 Å². The number of ether oxygens (including phenoxy) is 5. The topological polar surface area (TPSA) is 80.3 Å². The van der Waals surface area contributed by atoms with Gasteiger partial charge in [-0.25, -0.2) is 9.59 Å². The van der Waals surface area contributed by atoms with Crippen LogP contribution in [0.2, 0.25) is 0 Å². The van der Waals surface area contributed by atoms with Crippen LogP contribution in [0.15, 0.2) is 91.0 Å². The van der Waals surface area contributed by atoms with Crippen LogP contribution in [0.4, 0.5) is 0 Å². The van der Waals surface area contributed by atoms with Gasteiger partial charge in [0.25, 0.3) is 0 Å². The first-order valence-electron chi connectivity index (χ1n) is 12.5. The smallest absolute Gasteiger partial charge is 0.342 e. The Morgan fingerprint density at radius 2 is 1.35 bits per heavy atom. The maximum absolute atomic E-state index is 13.2. The molecule has 0 saturated carbocycles. The SMILES string of the molecule is C=C(C)C(=O)Oc1c(C(=O)OC)c2c(c3ccccc13)OC(c1ccc(OC)cc1)(c1ccc(OC)cc1)C=C2. The van der Waals surface area contributed by atoms with Gasteiger partial charge in [0.2, 0.25) is 0 Å². The molecule has 0 fully saturated rings. The van der Waals surface area contributed by atoms with Gasteiger partial charge in [0, 0.05) is 33.0 Å². The fourth-order valence-electron chi connectivity index (χ4n) is 4.80. The number of benzene rings is 4. The van der Waals surface area contributed by atoms with Gasteiger partial charge in [-0.15, -0.1) is 0 Å². The Morgan fingerprint density at radius 1 is 0.800 bits per heavy atom. The first-order valence-corrected chi connectivity index (χ1v) is 12.5. The summed E-state index contributed by atoms with van der Waals surface area (Å²) >= 11 is 0. The zero-order valence-corrected chi connectivity index (χ0v) is 22.6. The predicted octanol–water partition coefficient (Wildman–Crippen LogP) is 6.47. The second kappa shape index (κ2) is 10.6. The second-order valence-electron chi connectivity index (χ2n) is 9.28. The van der Waals surface area contributed by atoms with E-state index < -0.39 is 17.5 Å². The number of esters is 2. The molecule has 0 saturated heterocycles. The molecule has 0 unspecified atom stereocenters. The van der Waals surface area contributed by atoms with Gasteiger partial charge in [0.05, 0.1) is 21.3 Å². The van der Waals surface area contributed by atoms with Crippen LogP contribution in [-0.2, 0) is 15.1 Å². The van der Waals surface area contributed by atoms with Crippen molar-refractivity contribution < 1.29 is 33.3 Å². The number of rotatable bonds is 7. The molecule has 5 rings (SSSR count). The number of methoxy groups -OCH3 is 3. The third-order valence-electron chi connectivity index (χ3n) is 6.88. The van der Waals surface area contributed by atoms with Crippen LogP contribution >= 0.6 is 0 Å². The molecule has 0 N–H and O–H groups in total. The number of carbonyl (C=O) groups is 2. The van der Waals surface area contributed by atoms with Crippen molar-refractivity contribution in [2.45, 2.75) is 12.5 Å². The first-order chi connectivity index (χ1) is 19.3. The first kappa shape index (κ1) is 26.6. The molecule has 0 atom stereocenters. The van der Waals surface area contributed by atoms with Crippen LogP contribution in [0.5, 0.6) is 23.0 Å². The van der Waals surface area contributed by atoms with Gasteiger partial charge in [-0.2, -0.15) is 0 Å². The molecule has 40 heavy (non-hydrogen) atoms. The van der Waals surface area contributed by atoms with Crippen molar-refractivity contribution >= 4 is 28.8 Å². The third-order valence-corrected chi connectivity index (χ3v) is 6.88. The van der Waals surface area contributed by atoms with Crippen LogP contribution in [0.25, 0.3) is 16.8 Å². The van der Waals surface area contributed by atoms with Crippen molar-refractivity contribution in [1.29, 1.82) is 0 Å². The summed E-state index contributed by atoms with van der Waals surface area (Å²) in [6.45, 7) is 5.22. The van der Waals surface area contributed by atoms with E-state index in [2.05, 4.69) is 6.58 Å². The van der Waals surface area contributed by atoms with Crippen LogP contribution in [0.3, 0.4) is 0 Å². The van der Waals surface area contributed by atoms with E-state index in [0.29, 0.717) is 33.6 Å². The molecule has 0 spiro atoms. The summed E-state index contributed by atoms with van der Waals surface area (Å²) in [6, 6.07) is 22.5. The van der Waals surface area contributed by atoms with Crippen LogP contribution in [-0.4, -0.2) is 33.3 Å². The fourth-order valence-corrected chi connectivity index (χ4v) is 4.80.